The van der Waals surface area contributed by atoms with Crippen molar-refractivity contribution in [1.82, 2.24) is 4.90 Å². The van der Waals surface area contributed by atoms with Gasteiger partial charge in [0, 0.05) is 36.9 Å². The van der Waals surface area contributed by atoms with Crippen LogP contribution in [0.4, 0.5) is 5.69 Å². The van der Waals surface area contributed by atoms with Crippen LogP contribution in [-0.4, -0.2) is 48.9 Å². The van der Waals surface area contributed by atoms with E-state index in [0.29, 0.717) is 29.4 Å². The SMILES string of the molecule is CCOc1ccc(Cl)c(/C(O)=C2\C(=O)C(=O)N(CCc3ccc(Cl)cc3)C2c2ccc(N(C)C)cc2)c1. The molecule has 0 saturated carbocycles. The predicted octanol–water partition coefficient (Wildman–Crippen LogP) is 6.12. The molecule has 3 aromatic rings. The summed E-state index contributed by atoms with van der Waals surface area (Å²) in [6.45, 7) is 2.54. The zero-order chi connectivity index (χ0) is 26.7. The third-order valence-corrected chi connectivity index (χ3v) is 6.91. The summed E-state index contributed by atoms with van der Waals surface area (Å²) in [5.41, 5.74) is 2.88. The lowest BCUT2D eigenvalue weighted by atomic mass is 9.94. The van der Waals surface area contributed by atoms with Crippen molar-refractivity contribution in [3.63, 3.8) is 0 Å². The molecule has 0 bridgehead atoms. The maximum atomic E-state index is 13.4. The molecule has 0 aliphatic carbocycles. The number of hydrogen-bond acceptors (Lipinski definition) is 5. The maximum absolute atomic E-state index is 13.4. The lowest BCUT2D eigenvalue weighted by Crippen LogP contribution is -2.31. The Labute approximate surface area is 226 Å². The van der Waals surface area contributed by atoms with Crippen molar-refractivity contribution in [2.45, 2.75) is 19.4 Å². The summed E-state index contributed by atoms with van der Waals surface area (Å²) in [5, 5.41) is 12.3. The summed E-state index contributed by atoms with van der Waals surface area (Å²) in [5.74, 6) is -1.26. The van der Waals surface area contributed by atoms with Gasteiger partial charge in [0.15, 0.2) is 0 Å². The summed E-state index contributed by atoms with van der Waals surface area (Å²) in [4.78, 5) is 30.1. The lowest BCUT2D eigenvalue weighted by Gasteiger charge is -2.26. The second kappa shape index (κ2) is 11.3. The van der Waals surface area contributed by atoms with Crippen LogP contribution in [0, 0.1) is 0 Å². The molecule has 1 fully saturated rings. The molecule has 1 atom stereocenters. The fraction of sp³-hybridized carbons (Fsp3) is 0.241. The number of halogens is 2. The van der Waals surface area contributed by atoms with Crippen molar-refractivity contribution in [2.24, 2.45) is 0 Å². The molecule has 0 radical (unpaired) electrons. The van der Waals surface area contributed by atoms with Gasteiger partial charge in [-0.3, -0.25) is 9.59 Å². The van der Waals surface area contributed by atoms with Gasteiger partial charge in [0.05, 0.1) is 23.2 Å². The second-order valence-corrected chi connectivity index (χ2v) is 9.77. The molecule has 1 saturated heterocycles. The number of aliphatic hydroxyl groups is 1. The highest BCUT2D eigenvalue weighted by Crippen LogP contribution is 2.41. The number of aliphatic hydroxyl groups excluding tert-OH is 1. The summed E-state index contributed by atoms with van der Waals surface area (Å²) in [6.07, 6.45) is 0.511. The molecular weight excluding hydrogens is 511 g/mol. The first-order valence-corrected chi connectivity index (χ1v) is 12.7. The van der Waals surface area contributed by atoms with Crippen LogP contribution in [0.2, 0.25) is 10.0 Å². The molecule has 8 heteroatoms. The van der Waals surface area contributed by atoms with E-state index in [0.717, 1.165) is 11.3 Å². The monoisotopic (exact) mass is 538 g/mol. The molecule has 3 aromatic carbocycles. The molecule has 0 spiro atoms. The Morgan fingerprint density at radius 2 is 1.68 bits per heavy atom. The molecule has 4 rings (SSSR count). The lowest BCUT2D eigenvalue weighted by molar-refractivity contribution is -0.139. The third-order valence-electron chi connectivity index (χ3n) is 6.32. The molecule has 37 heavy (non-hydrogen) atoms. The number of ether oxygens (including phenoxy) is 1. The van der Waals surface area contributed by atoms with Gasteiger partial charge in [0.25, 0.3) is 11.7 Å². The first kappa shape index (κ1) is 26.6. The molecule has 0 aromatic heterocycles. The predicted molar refractivity (Wildman–Crippen MR) is 148 cm³/mol. The Balaban J connectivity index is 1.80. The average molecular weight is 539 g/mol. The van der Waals surface area contributed by atoms with Crippen molar-refractivity contribution >= 4 is 46.3 Å². The topological polar surface area (TPSA) is 70.1 Å². The van der Waals surface area contributed by atoms with Crippen LogP contribution in [0.15, 0.2) is 72.3 Å². The minimum atomic E-state index is -0.782. The molecule has 1 unspecified atom stereocenters. The number of anilines is 1. The summed E-state index contributed by atoms with van der Waals surface area (Å²) in [7, 11) is 3.86. The van der Waals surface area contributed by atoms with Gasteiger partial charge in [-0.05, 0) is 66.9 Å². The number of amides is 1. The van der Waals surface area contributed by atoms with Crippen LogP contribution in [0.3, 0.4) is 0 Å². The van der Waals surface area contributed by atoms with Crippen LogP contribution in [0.25, 0.3) is 5.76 Å². The third kappa shape index (κ3) is 5.60. The Morgan fingerprint density at radius 3 is 2.30 bits per heavy atom. The first-order valence-electron chi connectivity index (χ1n) is 11.9. The number of nitrogens with zero attached hydrogens (tertiary/aromatic N) is 2. The zero-order valence-corrected chi connectivity index (χ0v) is 22.4. The normalized spacial score (nSPS) is 16.8. The summed E-state index contributed by atoms with van der Waals surface area (Å²) >= 11 is 12.4. The minimum Gasteiger partial charge on any atom is -0.507 e. The quantitative estimate of drug-likeness (QED) is 0.212. The number of carbonyl (C=O) groups excluding carboxylic acids is 2. The van der Waals surface area contributed by atoms with Gasteiger partial charge in [-0.25, -0.2) is 0 Å². The fourth-order valence-corrected chi connectivity index (χ4v) is 4.73. The standard InChI is InChI=1S/C29H28Cl2N2O4/c1-4-37-22-13-14-24(31)23(17-22)27(34)25-26(19-7-11-21(12-8-19)32(2)3)33(29(36)28(25)35)16-15-18-5-9-20(30)10-6-18/h5-14,17,26,34H,4,15-16H2,1-3H3/b27-25+. The molecule has 1 N–H and O–H groups in total. The molecule has 1 amide bonds. The number of Topliss-reactive ketones (excluding diaryl/α,β-unsaturated/α-hetero) is 1. The van der Waals surface area contributed by atoms with Gasteiger partial charge in [-0.1, -0.05) is 47.5 Å². The Morgan fingerprint density at radius 1 is 1.00 bits per heavy atom. The van der Waals surface area contributed by atoms with E-state index in [-0.39, 0.29) is 28.5 Å². The van der Waals surface area contributed by atoms with E-state index in [1.807, 2.05) is 62.3 Å². The molecule has 192 valence electrons. The van der Waals surface area contributed by atoms with Crippen molar-refractivity contribution in [3.8, 4) is 5.75 Å². The molecule has 1 heterocycles. The fourth-order valence-electron chi connectivity index (χ4n) is 4.40. The molecular formula is C29H28Cl2N2O4. The highest BCUT2D eigenvalue weighted by atomic mass is 35.5. The van der Waals surface area contributed by atoms with E-state index < -0.39 is 17.7 Å². The van der Waals surface area contributed by atoms with Crippen molar-refractivity contribution in [2.75, 3.05) is 32.1 Å². The van der Waals surface area contributed by atoms with Gasteiger partial charge >= 0.3 is 0 Å². The maximum Gasteiger partial charge on any atom is 0.295 e. The van der Waals surface area contributed by atoms with Gasteiger partial charge < -0.3 is 19.6 Å². The van der Waals surface area contributed by atoms with Crippen LogP contribution >= 0.6 is 23.2 Å². The van der Waals surface area contributed by atoms with Gasteiger partial charge in [-0.2, -0.15) is 0 Å². The Hall–Kier alpha value is -3.48. The number of likely N-dealkylation sites (tertiary alicyclic amines) is 1. The van der Waals surface area contributed by atoms with Crippen LogP contribution in [0.5, 0.6) is 5.75 Å². The van der Waals surface area contributed by atoms with Crippen LogP contribution in [0.1, 0.15) is 29.7 Å². The Bertz CT molecular complexity index is 1340. The van der Waals surface area contributed by atoms with E-state index in [2.05, 4.69) is 0 Å². The summed E-state index contributed by atoms with van der Waals surface area (Å²) < 4.78 is 5.56. The first-order chi connectivity index (χ1) is 17.7. The highest BCUT2D eigenvalue weighted by Gasteiger charge is 2.46. The molecule has 1 aliphatic heterocycles. The van der Waals surface area contributed by atoms with E-state index in [1.54, 1.807) is 30.3 Å². The Kier molecular flexibility index (Phi) is 8.10. The van der Waals surface area contributed by atoms with Crippen molar-refractivity contribution in [3.05, 3.63) is 99.0 Å². The summed E-state index contributed by atoms with van der Waals surface area (Å²) in [6, 6.07) is 19.0. The number of rotatable bonds is 8. The molecule has 1 aliphatic rings. The average Bonchev–Trinajstić information content (AvgIpc) is 3.14. The van der Waals surface area contributed by atoms with E-state index in [9.17, 15) is 14.7 Å². The van der Waals surface area contributed by atoms with E-state index >= 15 is 0 Å². The van der Waals surface area contributed by atoms with Crippen LogP contribution < -0.4 is 9.64 Å². The second-order valence-electron chi connectivity index (χ2n) is 8.93. The highest BCUT2D eigenvalue weighted by molar-refractivity contribution is 6.47. The smallest absolute Gasteiger partial charge is 0.295 e. The van der Waals surface area contributed by atoms with E-state index in [1.165, 1.54) is 4.90 Å². The van der Waals surface area contributed by atoms with Crippen LogP contribution in [-0.2, 0) is 16.0 Å². The van der Waals surface area contributed by atoms with E-state index in [4.69, 9.17) is 27.9 Å². The number of ketones is 1. The largest absolute Gasteiger partial charge is 0.507 e. The van der Waals surface area contributed by atoms with Gasteiger partial charge in [0.1, 0.15) is 11.5 Å². The number of carbonyl (C=O) groups is 2. The number of hydrogen-bond donors (Lipinski definition) is 1. The number of benzene rings is 3. The molecule has 6 nitrogen and oxygen atoms in total. The van der Waals surface area contributed by atoms with Gasteiger partial charge in [0.2, 0.25) is 0 Å². The zero-order valence-electron chi connectivity index (χ0n) is 20.9. The van der Waals surface area contributed by atoms with Gasteiger partial charge in [-0.15, -0.1) is 0 Å². The van der Waals surface area contributed by atoms with Crippen molar-refractivity contribution < 1.29 is 19.4 Å². The van der Waals surface area contributed by atoms with Crippen molar-refractivity contribution in [1.29, 1.82) is 0 Å². The minimum absolute atomic E-state index is 0.00532.